The van der Waals surface area contributed by atoms with E-state index in [0.717, 1.165) is 17.9 Å². The Bertz CT molecular complexity index is 359. The van der Waals surface area contributed by atoms with Gasteiger partial charge in [-0.2, -0.15) is 0 Å². The van der Waals surface area contributed by atoms with Gasteiger partial charge in [0.2, 0.25) is 0 Å². The molecule has 2 nitrogen and oxygen atoms in total. The molecule has 0 bridgehead atoms. The van der Waals surface area contributed by atoms with Crippen LogP contribution in [0.4, 0.5) is 0 Å². The molecular weight excluding hydrogens is 220 g/mol. The average Bonchev–Trinajstić information content (AvgIpc) is 3.23. The van der Waals surface area contributed by atoms with E-state index in [2.05, 4.69) is 22.4 Å². The van der Waals surface area contributed by atoms with Gasteiger partial charge in [-0.3, -0.25) is 4.98 Å². The highest BCUT2D eigenvalue weighted by Gasteiger charge is 2.27. The summed E-state index contributed by atoms with van der Waals surface area (Å²) in [6.45, 7) is 1.25. The largest absolute Gasteiger partial charge is 0.314 e. The molecule has 0 aliphatic heterocycles. The molecule has 2 aliphatic carbocycles. The molecule has 98 valence electrons. The predicted molar refractivity (Wildman–Crippen MR) is 74.4 cm³/mol. The number of rotatable bonds is 5. The molecule has 0 amide bonds. The maximum atomic E-state index is 4.11. The van der Waals surface area contributed by atoms with Crippen LogP contribution in [0.15, 0.2) is 24.5 Å². The van der Waals surface area contributed by atoms with E-state index in [9.17, 15) is 0 Å². The van der Waals surface area contributed by atoms with Crippen molar-refractivity contribution in [2.75, 3.05) is 6.54 Å². The lowest BCUT2D eigenvalue weighted by atomic mass is 9.76. The van der Waals surface area contributed by atoms with Crippen molar-refractivity contribution in [1.29, 1.82) is 0 Å². The summed E-state index contributed by atoms with van der Waals surface area (Å²) in [6.07, 6.45) is 13.6. The number of hydrogen-bond acceptors (Lipinski definition) is 2. The van der Waals surface area contributed by atoms with Crippen LogP contribution in [0.5, 0.6) is 0 Å². The number of aromatic nitrogens is 1. The lowest BCUT2D eigenvalue weighted by Gasteiger charge is -2.32. The number of nitrogens with zero attached hydrogens (tertiary/aromatic N) is 1. The van der Waals surface area contributed by atoms with Gasteiger partial charge in [0.05, 0.1) is 0 Å². The second-order valence-corrected chi connectivity index (χ2v) is 6.05. The van der Waals surface area contributed by atoms with E-state index in [1.165, 1.54) is 57.1 Å². The molecular formula is C16H24N2. The summed E-state index contributed by atoms with van der Waals surface area (Å²) in [5, 5.41) is 3.73. The van der Waals surface area contributed by atoms with Gasteiger partial charge in [0.1, 0.15) is 0 Å². The van der Waals surface area contributed by atoms with Crippen molar-refractivity contribution in [2.45, 2.75) is 51.0 Å². The molecule has 3 rings (SSSR count). The lowest BCUT2D eigenvalue weighted by molar-refractivity contribution is 0.228. The van der Waals surface area contributed by atoms with Gasteiger partial charge in [0.25, 0.3) is 0 Å². The van der Waals surface area contributed by atoms with E-state index in [1.54, 1.807) is 0 Å². The van der Waals surface area contributed by atoms with Gasteiger partial charge in [-0.25, -0.2) is 0 Å². The number of hydrogen-bond donors (Lipinski definition) is 1. The highest BCUT2D eigenvalue weighted by atomic mass is 14.9. The standard InChI is InChI=1S/C16H24N2/c1-2-4-15(12-18-16-5-6-16)14(3-1)11-13-7-9-17-10-8-13/h7-10,14-16,18H,1-6,11-12H2. The second kappa shape index (κ2) is 5.83. The zero-order valence-corrected chi connectivity index (χ0v) is 11.1. The highest BCUT2D eigenvalue weighted by molar-refractivity contribution is 5.11. The molecule has 2 saturated carbocycles. The Morgan fingerprint density at radius 3 is 2.44 bits per heavy atom. The summed E-state index contributed by atoms with van der Waals surface area (Å²) in [4.78, 5) is 4.11. The Morgan fingerprint density at radius 1 is 1.00 bits per heavy atom. The van der Waals surface area contributed by atoms with Crippen molar-refractivity contribution in [2.24, 2.45) is 11.8 Å². The molecule has 0 spiro atoms. The van der Waals surface area contributed by atoms with E-state index in [1.807, 2.05) is 12.4 Å². The molecule has 0 radical (unpaired) electrons. The molecule has 0 aromatic carbocycles. The van der Waals surface area contributed by atoms with Gasteiger partial charge in [0.15, 0.2) is 0 Å². The summed E-state index contributed by atoms with van der Waals surface area (Å²) in [5.41, 5.74) is 1.47. The van der Waals surface area contributed by atoms with Gasteiger partial charge < -0.3 is 5.32 Å². The Morgan fingerprint density at radius 2 is 1.72 bits per heavy atom. The number of nitrogens with one attached hydrogen (secondary N) is 1. The van der Waals surface area contributed by atoms with Crippen molar-refractivity contribution in [1.82, 2.24) is 10.3 Å². The van der Waals surface area contributed by atoms with Crippen LogP contribution in [0.2, 0.25) is 0 Å². The minimum Gasteiger partial charge on any atom is -0.314 e. The molecule has 18 heavy (non-hydrogen) atoms. The van der Waals surface area contributed by atoms with Crippen LogP contribution in [0.25, 0.3) is 0 Å². The van der Waals surface area contributed by atoms with Gasteiger partial charge in [-0.15, -0.1) is 0 Å². The molecule has 1 heterocycles. The summed E-state index contributed by atoms with van der Waals surface area (Å²) in [7, 11) is 0. The third-order valence-corrected chi connectivity index (χ3v) is 4.56. The fourth-order valence-corrected chi connectivity index (χ4v) is 3.25. The predicted octanol–water partition coefficient (Wildman–Crippen LogP) is 3.18. The van der Waals surface area contributed by atoms with Crippen molar-refractivity contribution >= 4 is 0 Å². The van der Waals surface area contributed by atoms with Crippen molar-refractivity contribution in [3.63, 3.8) is 0 Å². The fourth-order valence-electron chi connectivity index (χ4n) is 3.25. The maximum absolute atomic E-state index is 4.11. The van der Waals surface area contributed by atoms with Gasteiger partial charge >= 0.3 is 0 Å². The smallest absolute Gasteiger partial charge is 0.0270 e. The monoisotopic (exact) mass is 244 g/mol. The summed E-state index contributed by atoms with van der Waals surface area (Å²) in [5.74, 6) is 1.78. The SMILES string of the molecule is c1cc(CC2CCCCC2CNC2CC2)ccn1. The van der Waals surface area contributed by atoms with E-state index in [0.29, 0.717) is 0 Å². The van der Waals surface area contributed by atoms with Crippen LogP contribution in [-0.4, -0.2) is 17.6 Å². The van der Waals surface area contributed by atoms with Crippen LogP contribution in [0.3, 0.4) is 0 Å². The van der Waals surface area contributed by atoms with Crippen LogP contribution in [-0.2, 0) is 6.42 Å². The Labute approximate surface area is 110 Å². The first-order valence-electron chi connectivity index (χ1n) is 7.54. The Kier molecular flexibility index (Phi) is 3.94. The summed E-state index contributed by atoms with van der Waals surface area (Å²) < 4.78 is 0. The lowest BCUT2D eigenvalue weighted by Crippen LogP contribution is -2.32. The minimum atomic E-state index is 0.855. The maximum Gasteiger partial charge on any atom is 0.0270 e. The first-order chi connectivity index (χ1) is 8.92. The molecule has 0 saturated heterocycles. The molecule has 2 aliphatic rings. The fraction of sp³-hybridized carbons (Fsp3) is 0.688. The molecule has 2 unspecified atom stereocenters. The van der Waals surface area contributed by atoms with E-state index in [-0.39, 0.29) is 0 Å². The van der Waals surface area contributed by atoms with E-state index in [4.69, 9.17) is 0 Å². The van der Waals surface area contributed by atoms with Crippen molar-refractivity contribution < 1.29 is 0 Å². The molecule has 2 atom stereocenters. The van der Waals surface area contributed by atoms with Gasteiger partial charge in [0, 0.05) is 18.4 Å². The zero-order valence-electron chi connectivity index (χ0n) is 11.1. The third kappa shape index (κ3) is 3.32. The van der Waals surface area contributed by atoms with E-state index < -0.39 is 0 Å². The normalized spacial score (nSPS) is 28.2. The Hall–Kier alpha value is -0.890. The van der Waals surface area contributed by atoms with Crippen molar-refractivity contribution in [3.8, 4) is 0 Å². The third-order valence-electron chi connectivity index (χ3n) is 4.56. The molecule has 1 aromatic rings. The van der Waals surface area contributed by atoms with Crippen LogP contribution >= 0.6 is 0 Å². The Balaban J connectivity index is 1.56. The van der Waals surface area contributed by atoms with Gasteiger partial charge in [-0.05, 0) is 68.2 Å². The molecule has 1 N–H and O–H groups in total. The topological polar surface area (TPSA) is 24.9 Å². The molecule has 2 heteroatoms. The molecule has 2 fully saturated rings. The van der Waals surface area contributed by atoms with Gasteiger partial charge in [-0.1, -0.05) is 12.8 Å². The average molecular weight is 244 g/mol. The summed E-state index contributed by atoms with van der Waals surface area (Å²) in [6, 6.07) is 5.22. The van der Waals surface area contributed by atoms with Crippen LogP contribution in [0, 0.1) is 11.8 Å². The number of pyridine rings is 1. The van der Waals surface area contributed by atoms with E-state index >= 15 is 0 Å². The van der Waals surface area contributed by atoms with Crippen LogP contribution < -0.4 is 5.32 Å². The quantitative estimate of drug-likeness (QED) is 0.860. The second-order valence-electron chi connectivity index (χ2n) is 6.05. The first kappa shape index (κ1) is 12.2. The minimum absolute atomic E-state index is 0.855. The van der Waals surface area contributed by atoms with Crippen LogP contribution in [0.1, 0.15) is 44.1 Å². The molecule has 1 aromatic heterocycles. The zero-order chi connectivity index (χ0) is 12.2. The summed E-state index contributed by atoms with van der Waals surface area (Å²) >= 11 is 0. The highest BCUT2D eigenvalue weighted by Crippen LogP contribution is 2.33. The van der Waals surface area contributed by atoms with Crippen molar-refractivity contribution in [3.05, 3.63) is 30.1 Å². The first-order valence-corrected chi connectivity index (χ1v) is 7.54.